The van der Waals surface area contributed by atoms with Crippen LogP contribution in [0.25, 0.3) is 0 Å². The fourth-order valence-electron chi connectivity index (χ4n) is 3.14. The molecule has 1 atom stereocenters. The van der Waals surface area contributed by atoms with Gasteiger partial charge in [0.15, 0.2) is 5.67 Å². The van der Waals surface area contributed by atoms with E-state index in [9.17, 15) is 14.3 Å². The molecule has 0 aliphatic carbocycles. The number of nitrogens with zero attached hydrogens (tertiary/aromatic N) is 3. The molecular formula is C19H21ClF2N4O3. The Morgan fingerprint density at radius 1 is 1.31 bits per heavy atom. The number of anilines is 1. The number of halogens is 3. The van der Waals surface area contributed by atoms with Crippen molar-refractivity contribution in [2.24, 2.45) is 0 Å². The van der Waals surface area contributed by atoms with Gasteiger partial charge in [-0.15, -0.1) is 0 Å². The molecule has 0 aromatic carbocycles. The molecule has 1 aliphatic rings. The van der Waals surface area contributed by atoms with Gasteiger partial charge >= 0.3 is 6.03 Å². The van der Waals surface area contributed by atoms with Crippen LogP contribution in [-0.4, -0.2) is 50.8 Å². The summed E-state index contributed by atoms with van der Waals surface area (Å²) in [7, 11) is 0. The second kappa shape index (κ2) is 8.98. The van der Waals surface area contributed by atoms with Crippen molar-refractivity contribution >= 4 is 23.4 Å². The van der Waals surface area contributed by atoms with Gasteiger partial charge in [0, 0.05) is 49.5 Å². The summed E-state index contributed by atoms with van der Waals surface area (Å²) in [4.78, 5) is 21.9. The highest BCUT2D eigenvalue weighted by atomic mass is 35.5. The van der Waals surface area contributed by atoms with Gasteiger partial charge in [-0.25, -0.2) is 18.6 Å². The zero-order valence-electron chi connectivity index (χ0n) is 15.5. The van der Waals surface area contributed by atoms with Crippen LogP contribution in [0, 0.1) is 0 Å². The maximum absolute atomic E-state index is 15.5. The number of hydrogen-bond acceptors (Lipinski definition) is 5. The van der Waals surface area contributed by atoms with Crippen molar-refractivity contribution in [3.63, 3.8) is 0 Å². The number of piperidine rings is 1. The Morgan fingerprint density at radius 2 is 2.03 bits per heavy atom. The summed E-state index contributed by atoms with van der Waals surface area (Å²) in [5.41, 5.74) is -1.05. The third-order valence-electron chi connectivity index (χ3n) is 4.90. The second-order valence-electron chi connectivity index (χ2n) is 6.87. The summed E-state index contributed by atoms with van der Waals surface area (Å²) in [6, 6.07) is 3.99. The van der Waals surface area contributed by atoms with Crippen molar-refractivity contribution in [1.82, 2.24) is 14.9 Å². The predicted molar refractivity (Wildman–Crippen MR) is 103 cm³/mol. The molecule has 2 aromatic heterocycles. The van der Waals surface area contributed by atoms with Crippen LogP contribution in [0.2, 0.25) is 5.02 Å². The standard InChI is InChI=1S/C19H21ClF2N4O3/c20-14-7-13(15(28)11-27)10-24-17(14)19(22)3-5-26(6-4-19)18(29)25-16-2-1-12(8-21)9-23-16/h1-2,7,9-10,15,27-28H,3-6,8,11H2,(H,23,25,29)/t15-/m0/s1. The van der Waals surface area contributed by atoms with E-state index in [1.54, 1.807) is 0 Å². The highest BCUT2D eigenvalue weighted by Crippen LogP contribution is 2.39. The van der Waals surface area contributed by atoms with Crippen molar-refractivity contribution in [3.05, 3.63) is 52.4 Å². The molecule has 1 fully saturated rings. The smallest absolute Gasteiger partial charge is 0.323 e. The third kappa shape index (κ3) is 4.80. The number of alkyl halides is 2. The summed E-state index contributed by atoms with van der Waals surface area (Å²) in [5.74, 6) is 0.284. The van der Waals surface area contributed by atoms with Crippen molar-refractivity contribution in [1.29, 1.82) is 0 Å². The molecule has 1 saturated heterocycles. The van der Waals surface area contributed by atoms with E-state index in [2.05, 4.69) is 15.3 Å². The van der Waals surface area contributed by atoms with Gasteiger partial charge in [0.1, 0.15) is 18.6 Å². The lowest BCUT2D eigenvalue weighted by molar-refractivity contribution is 0.0678. The summed E-state index contributed by atoms with van der Waals surface area (Å²) in [6.07, 6.45) is 1.49. The quantitative estimate of drug-likeness (QED) is 0.682. The van der Waals surface area contributed by atoms with Crippen molar-refractivity contribution in [3.8, 4) is 0 Å². The number of carbonyl (C=O) groups excluding carboxylic acids is 1. The number of pyridine rings is 2. The number of aliphatic hydroxyl groups is 2. The number of aromatic nitrogens is 2. The molecule has 3 N–H and O–H groups in total. The maximum Gasteiger partial charge on any atom is 0.323 e. The van der Waals surface area contributed by atoms with Crippen LogP contribution in [0.3, 0.4) is 0 Å². The first-order valence-electron chi connectivity index (χ1n) is 9.07. The Hall–Kier alpha value is -2.36. The lowest BCUT2D eigenvalue weighted by Crippen LogP contribution is -2.45. The van der Waals surface area contributed by atoms with Gasteiger partial charge in [-0.3, -0.25) is 10.3 Å². The van der Waals surface area contributed by atoms with Crippen LogP contribution < -0.4 is 5.32 Å². The van der Waals surface area contributed by atoms with Gasteiger partial charge in [0.05, 0.1) is 17.3 Å². The third-order valence-corrected chi connectivity index (χ3v) is 5.19. The fraction of sp³-hybridized carbons (Fsp3) is 0.421. The zero-order chi connectivity index (χ0) is 21.0. The van der Waals surface area contributed by atoms with E-state index in [4.69, 9.17) is 16.7 Å². The number of urea groups is 1. The number of nitrogens with one attached hydrogen (secondary N) is 1. The molecule has 29 heavy (non-hydrogen) atoms. The van der Waals surface area contributed by atoms with Gasteiger partial charge in [0.25, 0.3) is 0 Å². The van der Waals surface area contributed by atoms with E-state index in [0.29, 0.717) is 11.1 Å². The summed E-state index contributed by atoms with van der Waals surface area (Å²) in [6.45, 7) is -0.843. The van der Waals surface area contributed by atoms with Crippen LogP contribution in [-0.2, 0) is 12.3 Å². The van der Waals surface area contributed by atoms with Crippen molar-refractivity contribution < 1.29 is 23.8 Å². The second-order valence-corrected chi connectivity index (χ2v) is 7.27. The molecule has 0 bridgehead atoms. The van der Waals surface area contributed by atoms with E-state index < -0.39 is 31.1 Å². The fourth-order valence-corrected chi connectivity index (χ4v) is 3.48. The highest BCUT2D eigenvalue weighted by molar-refractivity contribution is 6.31. The molecule has 3 heterocycles. The number of aliphatic hydroxyl groups excluding tert-OH is 2. The Labute approximate surface area is 171 Å². The first kappa shape index (κ1) is 21.4. The molecule has 2 amide bonds. The lowest BCUT2D eigenvalue weighted by atomic mass is 9.89. The molecule has 2 aromatic rings. The van der Waals surface area contributed by atoms with Crippen molar-refractivity contribution in [2.45, 2.75) is 31.3 Å². The Morgan fingerprint density at radius 3 is 2.59 bits per heavy atom. The molecule has 0 unspecified atom stereocenters. The molecule has 1 aliphatic heterocycles. The van der Waals surface area contributed by atoms with Crippen LogP contribution in [0.1, 0.15) is 35.8 Å². The van der Waals surface area contributed by atoms with Crippen LogP contribution in [0.15, 0.2) is 30.6 Å². The van der Waals surface area contributed by atoms with Gasteiger partial charge < -0.3 is 15.1 Å². The highest BCUT2D eigenvalue weighted by Gasteiger charge is 2.40. The Kier molecular flexibility index (Phi) is 6.61. The average molecular weight is 427 g/mol. The molecule has 3 rings (SSSR count). The Balaban J connectivity index is 1.63. The monoisotopic (exact) mass is 426 g/mol. The van der Waals surface area contributed by atoms with Gasteiger partial charge in [-0.2, -0.15) is 0 Å². The van der Waals surface area contributed by atoms with E-state index in [1.807, 2.05) is 0 Å². The minimum atomic E-state index is -1.81. The lowest BCUT2D eigenvalue weighted by Gasteiger charge is -2.36. The van der Waals surface area contributed by atoms with Crippen LogP contribution >= 0.6 is 11.6 Å². The first-order valence-corrected chi connectivity index (χ1v) is 9.44. The average Bonchev–Trinajstić information content (AvgIpc) is 2.73. The normalized spacial score (nSPS) is 17.1. The first-order chi connectivity index (χ1) is 13.9. The van der Waals surface area contributed by atoms with E-state index in [-0.39, 0.29) is 42.5 Å². The van der Waals surface area contributed by atoms with Crippen LogP contribution in [0.5, 0.6) is 0 Å². The van der Waals surface area contributed by atoms with Gasteiger partial charge in [0.2, 0.25) is 0 Å². The molecule has 7 nitrogen and oxygen atoms in total. The maximum atomic E-state index is 15.5. The number of rotatable bonds is 5. The summed E-state index contributed by atoms with van der Waals surface area (Å²) >= 11 is 6.16. The van der Waals surface area contributed by atoms with E-state index in [0.717, 1.165) is 0 Å². The topological polar surface area (TPSA) is 98.6 Å². The molecule has 0 spiro atoms. The minimum absolute atomic E-state index is 0.00323. The van der Waals surface area contributed by atoms with Gasteiger partial charge in [-0.05, 0) is 12.1 Å². The molecular weight excluding hydrogens is 406 g/mol. The summed E-state index contributed by atoms with van der Waals surface area (Å²) < 4.78 is 28.0. The molecule has 0 saturated carbocycles. The Bertz CT molecular complexity index is 861. The number of carbonyl (C=O) groups is 1. The minimum Gasteiger partial charge on any atom is -0.393 e. The SMILES string of the molecule is O=C(Nc1ccc(CF)cn1)N1CCC(F)(c2ncc([C@@H](O)CO)cc2Cl)CC1. The molecule has 0 radical (unpaired) electrons. The largest absolute Gasteiger partial charge is 0.393 e. The summed E-state index contributed by atoms with van der Waals surface area (Å²) in [5, 5.41) is 21.3. The number of amides is 2. The van der Waals surface area contributed by atoms with Gasteiger partial charge in [-0.1, -0.05) is 17.7 Å². The predicted octanol–water partition coefficient (Wildman–Crippen LogP) is 3.12. The van der Waals surface area contributed by atoms with Crippen molar-refractivity contribution in [2.75, 3.05) is 25.0 Å². The zero-order valence-corrected chi connectivity index (χ0v) is 16.2. The molecule has 156 valence electrons. The van der Waals surface area contributed by atoms with E-state index in [1.165, 1.54) is 35.5 Å². The molecule has 10 heteroatoms. The van der Waals surface area contributed by atoms with Crippen LogP contribution in [0.4, 0.5) is 19.4 Å². The van der Waals surface area contributed by atoms with E-state index >= 15 is 4.39 Å². The number of hydrogen-bond donors (Lipinski definition) is 3. The number of likely N-dealkylation sites (tertiary alicyclic amines) is 1.